The Labute approximate surface area is 225 Å². The zero-order chi connectivity index (χ0) is 30.9. The lowest BCUT2D eigenvalue weighted by molar-refractivity contribution is -0.231. The molecule has 0 amide bonds. The Morgan fingerprint density at radius 1 is 0.854 bits per heavy atom. The van der Waals surface area contributed by atoms with E-state index in [1.807, 2.05) is 0 Å². The van der Waals surface area contributed by atoms with Gasteiger partial charge in [0.15, 0.2) is 6.10 Å². The standard InChI is InChI=1S/C25H21F9O7/c1-9-7-10(39-19(36)23(26,27)28)8-12-15(9)11-5-6-22(2)13(3-4-14(22)35)16(11)18(41-21(38)25(32,33)34)17(12)40-20(37)24(29,30)31/h7-8,11,13,16-18H,3-6H2,1-2H3/t11-,13+,16-,17-,18+,22+/m1/s1. The molecule has 2 saturated carbocycles. The first kappa shape index (κ1) is 30.6. The molecule has 3 aliphatic rings. The van der Waals surface area contributed by atoms with Crippen LogP contribution in [0.2, 0.25) is 0 Å². The first-order valence-corrected chi connectivity index (χ1v) is 12.2. The van der Waals surface area contributed by atoms with E-state index in [1.54, 1.807) is 6.92 Å². The Kier molecular flexibility index (Phi) is 7.39. The van der Waals surface area contributed by atoms with Crippen LogP contribution in [0.15, 0.2) is 12.1 Å². The molecule has 7 nitrogen and oxygen atoms in total. The minimum atomic E-state index is -5.67. The largest absolute Gasteiger partial charge is 0.491 e. The molecule has 3 aliphatic carbocycles. The van der Waals surface area contributed by atoms with Crippen LogP contribution in [-0.2, 0) is 28.7 Å². The normalized spacial score (nSPS) is 29.6. The summed E-state index contributed by atoms with van der Waals surface area (Å²) in [6, 6.07) is 1.61. The summed E-state index contributed by atoms with van der Waals surface area (Å²) in [5.41, 5.74) is -1.48. The average molecular weight is 604 g/mol. The maximum atomic E-state index is 13.3. The van der Waals surface area contributed by atoms with E-state index in [-0.39, 0.29) is 42.6 Å². The third kappa shape index (κ3) is 5.48. The Morgan fingerprint density at radius 3 is 1.98 bits per heavy atom. The van der Waals surface area contributed by atoms with Crippen molar-refractivity contribution in [3.05, 3.63) is 28.8 Å². The fraction of sp³-hybridized carbons (Fsp3) is 0.600. The highest BCUT2D eigenvalue weighted by Crippen LogP contribution is 2.63. The SMILES string of the molecule is Cc1cc(OC(=O)C(F)(F)F)cc2c1[C@H]1CC[C@]3(C)C(=O)CC[C@H]3[C@@H]1[C@H](OC(=O)C(F)(F)F)[C@@H]2OC(=O)C(F)(F)F. The van der Waals surface area contributed by atoms with Crippen LogP contribution in [0.4, 0.5) is 39.5 Å². The molecule has 0 N–H and O–H groups in total. The van der Waals surface area contributed by atoms with Gasteiger partial charge >= 0.3 is 36.4 Å². The number of aryl methyl sites for hydroxylation is 1. The van der Waals surface area contributed by atoms with E-state index in [1.165, 1.54) is 6.92 Å². The summed E-state index contributed by atoms with van der Waals surface area (Å²) in [4.78, 5) is 48.2. The molecule has 0 saturated heterocycles. The average Bonchev–Trinajstić information content (AvgIpc) is 3.12. The van der Waals surface area contributed by atoms with Crippen LogP contribution in [0.3, 0.4) is 0 Å². The predicted molar refractivity (Wildman–Crippen MR) is 115 cm³/mol. The summed E-state index contributed by atoms with van der Waals surface area (Å²) in [5.74, 6) is -12.4. The molecule has 0 aromatic heterocycles. The minimum absolute atomic E-state index is 0.00446. The van der Waals surface area contributed by atoms with E-state index in [0.717, 1.165) is 6.07 Å². The van der Waals surface area contributed by atoms with E-state index in [2.05, 4.69) is 9.47 Å². The van der Waals surface area contributed by atoms with Crippen molar-refractivity contribution in [3.8, 4) is 5.75 Å². The van der Waals surface area contributed by atoms with Crippen molar-refractivity contribution in [3.63, 3.8) is 0 Å². The quantitative estimate of drug-likeness (QED) is 0.253. The number of ether oxygens (including phenoxy) is 3. The van der Waals surface area contributed by atoms with Gasteiger partial charge in [-0.25, -0.2) is 14.4 Å². The summed E-state index contributed by atoms with van der Waals surface area (Å²) in [6.07, 6.45) is -21.1. The van der Waals surface area contributed by atoms with E-state index in [0.29, 0.717) is 6.07 Å². The fourth-order valence-corrected chi connectivity index (χ4v) is 6.54. The number of carbonyl (C=O) groups excluding carboxylic acids is 4. The minimum Gasteiger partial charge on any atom is -0.451 e. The van der Waals surface area contributed by atoms with Gasteiger partial charge in [0.1, 0.15) is 17.6 Å². The van der Waals surface area contributed by atoms with Crippen LogP contribution < -0.4 is 4.74 Å². The second-order valence-corrected chi connectivity index (χ2v) is 10.5. The molecule has 0 heterocycles. The fourth-order valence-electron chi connectivity index (χ4n) is 6.54. The van der Waals surface area contributed by atoms with Crippen LogP contribution in [0.1, 0.15) is 61.3 Å². The number of ketones is 1. The van der Waals surface area contributed by atoms with E-state index >= 15 is 0 Å². The topological polar surface area (TPSA) is 96.0 Å². The molecule has 1 aromatic rings. The van der Waals surface area contributed by atoms with Crippen molar-refractivity contribution >= 4 is 23.7 Å². The van der Waals surface area contributed by atoms with Crippen LogP contribution in [0.5, 0.6) is 5.75 Å². The number of Topliss-reactive ketones (excluding diaryl/α,β-unsaturated/α-hetero) is 1. The number of benzene rings is 1. The van der Waals surface area contributed by atoms with Gasteiger partial charge in [0.05, 0.1) is 0 Å². The van der Waals surface area contributed by atoms with Gasteiger partial charge in [-0.3, -0.25) is 4.79 Å². The maximum absolute atomic E-state index is 13.3. The number of hydrogen-bond donors (Lipinski definition) is 0. The molecule has 4 rings (SSSR count). The summed E-state index contributed by atoms with van der Waals surface area (Å²) >= 11 is 0. The third-order valence-electron chi connectivity index (χ3n) is 8.17. The van der Waals surface area contributed by atoms with Crippen LogP contribution in [0.25, 0.3) is 0 Å². The number of hydrogen-bond acceptors (Lipinski definition) is 7. The lowest BCUT2D eigenvalue weighted by atomic mass is 9.54. The number of alkyl halides is 9. The molecule has 0 aliphatic heterocycles. The molecule has 16 heteroatoms. The van der Waals surface area contributed by atoms with Gasteiger partial charge in [0.25, 0.3) is 0 Å². The molecular weight excluding hydrogens is 583 g/mol. The van der Waals surface area contributed by atoms with Crippen molar-refractivity contribution < 1.29 is 72.9 Å². The monoisotopic (exact) mass is 604 g/mol. The number of halogens is 9. The molecule has 0 radical (unpaired) electrons. The van der Waals surface area contributed by atoms with Gasteiger partial charge in [-0.2, -0.15) is 39.5 Å². The van der Waals surface area contributed by atoms with Crippen molar-refractivity contribution in [1.29, 1.82) is 0 Å². The molecule has 6 atom stereocenters. The second-order valence-electron chi connectivity index (χ2n) is 10.5. The molecule has 1 aromatic carbocycles. The number of esters is 3. The second kappa shape index (κ2) is 9.89. The Morgan fingerprint density at radius 2 is 1.41 bits per heavy atom. The van der Waals surface area contributed by atoms with Crippen molar-refractivity contribution in [2.75, 3.05) is 0 Å². The zero-order valence-electron chi connectivity index (χ0n) is 21.1. The molecule has 0 unspecified atom stereocenters. The van der Waals surface area contributed by atoms with Gasteiger partial charge in [-0.05, 0) is 61.3 Å². The Balaban J connectivity index is 1.93. The Bertz CT molecular complexity index is 1280. The summed E-state index contributed by atoms with van der Waals surface area (Å²) in [6.45, 7) is 2.85. The van der Waals surface area contributed by atoms with E-state index in [9.17, 15) is 58.7 Å². The van der Waals surface area contributed by atoms with Gasteiger partial charge in [-0.15, -0.1) is 0 Å². The van der Waals surface area contributed by atoms with Gasteiger partial charge < -0.3 is 14.2 Å². The number of rotatable bonds is 3. The zero-order valence-corrected chi connectivity index (χ0v) is 21.1. The third-order valence-corrected chi connectivity index (χ3v) is 8.17. The van der Waals surface area contributed by atoms with Crippen LogP contribution >= 0.6 is 0 Å². The van der Waals surface area contributed by atoms with Crippen molar-refractivity contribution in [2.24, 2.45) is 17.3 Å². The molecule has 226 valence electrons. The maximum Gasteiger partial charge on any atom is 0.491 e. The summed E-state index contributed by atoms with van der Waals surface area (Å²) in [7, 11) is 0. The van der Waals surface area contributed by atoms with Crippen molar-refractivity contribution in [1.82, 2.24) is 0 Å². The van der Waals surface area contributed by atoms with E-state index in [4.69, 9.17) is 4.74 Å². The molecular formula is C25H21F9O7. The Hall–Kier alpha value is -3.33. The molecule has 41 heavy (non-hydrogen) atoms. The van der Waals surface area contributed by atoms with Crippen LogP contribution in [0, 0.1) is 24.2 Å². The smallest absolute Gasteiger partial charge is 0.451 e. The molecule has 0 spiro atoms. The molecule has 2 fully saturated rings. The first-order valence-electron chi connectivity index (χ1n) is 12.2. The lowest BCUT2D eigenvalue weighted by Gasteiger charge is -2.52. The lowest BCUT2D eigenvalue weighted by Crippen LogP contribution is -2.53. The highest BCUT2D eigenvalue weighted by atomic mass is 19.4. The highest BCUT2D eigenvalue weighted by Gasteiger charge is 2.62. The number of fused-ring (bicyclic) bond motifs is 5. The highest BCUT2D eigenvalue weighted by molar-refractivity contribution is 5.87. The summed E-state index contributed by atoms with van der Waals surface area (Å²) in [5, 5.41) is 0. The van der Waals surface area contributed by atoms with Gasteiger partial charge in [-0.1, -0.05) is 6.92 Å². The van der Waals surface area contributed by atoms with Crippen LogP contribution in [-0.4, -0.2) is 48.3 Å². The van der Waals surface area contributed by atoms with E-state index < -0.39 is 83.1 Å². The predicted octanol–water partition coefficient (Wildman–Crippen LogP) is 5.58. The summed E-state index contributed by atoms with van der Waals surface area (Å²) < 4.78 is 132. The molecule has 0 bridgehead atoms. The van der Waals surface area contributed by atoms with Gasteiger partial charge in [0, 0.05) is 23.3 Å². The number of carbonyl (C=O) groups is 4. The first-order chi connectivity index (χ1) is 18.7. The van der Waals surface area contributed by atoms with Crippen molar-refractivity contribution in [2.45, 2.75) is 76.2 Å². The van der Waals surface area contributed by atoms with Gasteiger partial charge in [0.2, 0.25) is 0 Å².